The van der Waals surface area contributed by atoms with Crippen molar-refractivity contribution in [2.75, 3.05) is 18.4 Å². The maximum Gasteiger partial charge on any atom is 0.416 e. The van der Waals surface area contributed by atoms with E-state index in [-0.39, 0.29) is 25.7 Å². The average molecular weight is 590 g/mol. The van der Waals surface area contributed by atoms with E-state index in [0.29, 0.717) is 24.1 Å². The van der Waals surface area contributed by atoms with Gasteiger partial charge in [0, 0.05) is 23.7 Å². The van der Waals surface area contributed by atoms with Crippen molar-refractivity contribution in [3.63, 3.8) is 0 Å². The Kier molecular flexibility index (Phi) is 9.82. The molecule has 0 saturated heterocycles. The van der Waals surface area contributed by atoms with Gasteiger partial charge >= 0.3 is 18.4 Å². The van der Waals surface area contributed by atoms with E-state index < -0.39 is 53.5 Å². The van der Waals surface area contributed by atoms with Crippen molar-refractivity contribution >= 4 is 29.0 Å². The van der Waals surface area contributed by atoms with Gasteiger partial charge in [0.15, 0.2) is 0 Å². The molecule has 1 aromatic heterocycles. The van der Waals surface area contributed by atoms with Crippen molar-refractivity contribution in [3.8, 4) is 0 Å². The Bertz CT molecular complexity index is 1290. The number of hydrogen-bond acceptors (Lipinski definition) is 3. The Labute approximate surface area is 230 Å². The van der Waals surface area contributed by atoms with Gasteiger partial charge in [0.05, 0.1) is 17.7 Å². The van der Waals surface area contributed by atoms with Crippen LogP contribution >= 0.6 is 11.3 Å². The molecule has 216 valence electrons. The Balaban J connectivity index is 1.84. The molecule has 0 radical (unpaired) electrons. The van der Waals surface area contributed by atoms with Crippen molar-refractivity contribution in [2.45, 2.75) is 45.7 Å². The number of anilines is 1. The van der Waals surface area contributed by atoms with Crippen molar-refractivity contribution < 1.29 is 40.3 Å². The van der Waals surface area contributed by atoms with Crippen LogP contribution in [0.15, 0.2) is 53.9 Å². The van der Waals surface area contributed by atoms with E-state index in [9.17, 15) is 40.3 Å². The Hall–Kier alpha value is -3.61. The van der Waals surface area contributed by atoms with Crippen molar-refractivity contribution in [1.29, 1.82) is 0 Å². The predicted octanol–water partition coefficient (Wildman–Crippen LogP) is 7.71. The number of benzene rings is 2. The van der Waals surface area contributed by atoms with Crippen LogP contribution in [-0.4, -0.2) is 34.8 Å². The number of nitrogens with zero attached hydrogens (tertiary/aromatic N) is 2. The molecule has 0 aliphatic rings. The molecule has 0 unspecified atom stereocenters. The van der Waals surface area contributed by atoms with Gasteiger partial charge in [0.2, 0.25) is 5.91 Å². The molecule has 0 spiro atoms. The number of alkyl halides is 6. The highest BCUT2D eigenvalue weighted by Gasteiger charge is 2.37. The summed E-state index contributed by atoms with van der Waals surface area (Å²) in [5, 5.41) is 3.94. The second kappa shape index (κ2) is 12.7. The summed E-state index contributed by atoms with van der Waals surface area (Å²) in [6.07, 6.45) is -9.81. The number of aryl methyl sites for hydroxylation is 1. The van der Waals surface area contributed by atoms with Gasteiger partial charge in [-0.1, -0.05) is 19.1 Å². The highest BCUT2D eigenvalue weighted by molar-refractivity contribution is 7.10. The monoisotopic (exact) mass is 589 g/mol. The van der Waals surface area contributed by atoms with Crippen LogP contribution in [0.4, 0.5) is 41.2 Å². The van der Waals surface area contributed by atoms with E-state index in [4.69, 9.17) is 0 Å². The number of nitrogens with one attached hydrogen (secondary N) is 1. The molecule has 0 fully saturated rings. The Morgan fingerprint density at radius 1 is 0.875 bits per heavy atom. The molecule has 1 N–H and O–H groups in total. The third-order valence-electron chi connectivity index (χ3n) is 5.89. The van der Waals surface area contributed by atoms with E-state index in [1.165, 1.54) is 40.5 Å². The quantitative estimate of drug-likeness (QED) is 0.260. The Morgan fingerprint density at radius 2 is 1.48 bits per heavy atom. The number of carbonyl (C=O) groups excluding carboxylic acids is 2. The fourth-order valence-electron chi connectivity index (χ4n) is 3.80. The number of hydrogen-bond donors (Lipinski definition) is 1. The predicted molar refractivity (Wildman–Crippen MR) is 137 cm³/mol. The molecule has 0 atom stereocenters. The largest absolute Gasteiger partial charge is 0.416 e. The summed E-state index contributed by atoms with van der Waals surface area (Å²) < 4.78 is 92.8. The van der Waals surface area contributed by atoms with Crippen LogP contribution in [0.3, 0.4) is 0 Å². The molecule has 0 aliphatic carbocycles. The molecule has 3 rings (SSSR count). The summed E-state index contributed by atoms with van der Waals surface area (Å²) in [6, 6.07) is 7.13. The van der Waals surface area contributed by atoms with Gasteiger partial charge in [0.25, 0.3) is 0 Å². The summed E-state index contributed by atoms with van der Waals surface area (Å²) in [5.41, 5.74) is -2.30. The SMILES string of the molecule is CCCN(CC(=O)N(Cc1ccc(F)cc1)Cc1sccc1C)C(=O)Nc1cc(C(F)(F)F)cc(C(F)(F)F)c1. The second-order valence-electron chi connectivity index (χ2n) is 9.05. The highest BCUT2D eigenvalue weighted by atomic mass is 32.1. The minimum Gasteiger partial charge on any atom is -0.332 e. The number of halogens is 7. The third kappa shape index (κ3) is 8.44. The number of amides is 3. The molecule has 0 aliphatic heterocycles. The molecule has 3 aromatic rings. The van der Waals surface area contributed by atoms with Crippen LogP contribution in [0.1, 0.15) is 40.5 Å². The van der Waals surface area contributed by atoms with Gasteiger partial charge < -0.3 is 15.1 Å². The summed E-state index contributed by atoms with van der Waals surface area (Å²) in [7, 11) is 0. The van der Waals surface area contributed by atoms with Gasteiger partial charge in [-0.25, -0.2) is 9.18 Å². The van der Waals surface area contributed by atoms with Gasteiger partial charge in [-0.15, -0.1) is 11.3 Å². The van der Waals surface area contributed by atoms with Crippen LogP contribution < -0.4 is 5.32 Å². The molecule has 5 nitrogen and oxygen atoms in total. The highest BCUT2D eigenvalue weighted by Crippen LogP contribution is 2.37. The molecule has 2 aromatic carbocycles. The summed E-state index contributed by atoms with van der Waals surface area (Å²) in [6.45, 7) is 3.35. The van der Waals surface area contributed by atoms with Crippen LogP contribution in [0.25, 0.3) is 0 Å². The fourth-order valence-corrected chi connectivity index (χ4v) is 4.72. The molecular weight excluding hydrogens is 563 g/mol. The Morgan fingerprint density at radius 3 is 1.98 bits per heavy atom. The molecule has 0 saturated carbocycles. The van der Waals surface area contributed by atoms with Gasteiger partial charge in [-0.2, -0.15) is 26.3 Å². The fraction of sp³-hybridized carbons (Fsp3) is 0.333. The first-order chi connectivity index (χ1) is 18.7. The first-order valence-electron chi connectivity index (χ1n) is 12.1. The van der Waals surface area contributed by atoms with Crippen LogP contribution in [0.5, 0.6) is 0 Å². The van der Waals surface area contributed by atoms with Crippen molar-refractivity contribution in [1.82, 2.24) is 9.80 Å². The molecule has 1 heterocycles. The lowest BCUT2D eigenvalue weighted by Gasteiger charge is -2.28. The first kappa shape index (κ1) is 30.9. The number of rotatable bonds is 9. The zero-order valence-electron chi connectivity index (χ0n) is 21.5. The van der Waals surface area contributed by atoms with Crippen LogP contribution in [0, 0.1) is 12.7 Å². The maximum atomic E-state index is 13.4. The van der Waals surface area contributed by atoms with E-state index in [1.807, 2.05) is 18.4 Å². The molecule has 40 heavy (non-hydrogen) atoms. The lowest BCUT2D eigenvalue weighted by Crippen LogP contribution is -2.44. The zero-order valence-corrected chi connectivity index (χ0v) is 22.3. The molecule has 3 amide bonds. The summed E-state index contributed by atoms with van der Waals surface area (Å²) in [4.78, 5) is 29.7. The van der Waals surface area contributed by atoms with Gasteiger partial charge in [0.1, 0.15) is 12.4 Å². The molecule has 13 heteroatoms. The number of urea groups is 1. The third-order valence-corrected chi connectivity index (χ3v) is 6.90. The standard InChI is InChI=1S/C27H26F7N3O2S/c1-3-9-36(25(39)35-22-12-19(26(29,30)31)11-20(13-22)27(32,33)34)16-24(38)37(15-23-17(2)8-10-40-23)14-18-4-6-21(28)7-5-18/h4-8,10-13H,3,9,14-16H2,1-2H3,(H,35,39). The number of thiophene rings is 1. The minimum atomic E-state index is -5.08. The maximum absolute atomic E-state index is 13.4. The van der Waals surface area contributed by atoms with E-state index in [1.54, 1.807) is 6.92 Å². The van der Waals surface area contributed by atoms with E-state index in [2.05, 4.69) is 5.32 Å². The lowest BCUT2D eigenvalue weighted by molar-refractivity contribution is -0.143. The summed E-state index contributed by atoms with van der Waals surface area (Å²) in [5.74, 6) is -0.967. The van der Waals surface area contributed by atoms with Crippen LogP contribution in [-0.2, 0) is 30.2 Å². The van der Waals surface area contributed by atoms with Gasteiger partial charge in [-0.05, 0) is 66.2 Å². The van der Waals surface area contributed by atoms with Crippen LogP contribution in [0.2, 0.25) is 0 Å². The minimum absolute atomic E-state index is 0.00504. The molecular formula is C27H26F7N3O2S. The lowest BCUT2D eigenvalue weighted by atomic mass is 10.1. The smallest absolute Gasteiger partial charge is 0.332 e. The topological polar surface area (TPSA) is 52.7 Å². The second-order valence-corrected chi connectivity index (χ2v) is 10.0. The first-order valence-corrected chi connectivity index (χ1v) is 13.0. The average Bonchev–Trinajstić information content (AvgIpc) is 3.27. The van der Waals surface area contributed by atoms with Gasteiger partial charge in [-0.3, -0.25) is 4.79 Å². The van der Waals surface area contributed by atoms with Crippen molar-refractivity contribution in [3.05, 3.63) is 86.9 Å². The summed E-state index contributed by atoms with van der Waals surface area (Å²) >= 11 is 1.42. The van der Waals surface area contributed by atoms with E-state index >= 15 is 0 Å². The number of carbonyl (C=O) groups is 2. The van der Waals surface area contributed by atoms with E-state index in [0.717, 1.165) is 15.3 Å². The van der Waals surface area contributed by atoms with Crippen molar-refractivity contribution in [2.24, 2.45) is 0 Å². The molecule has 0 bridgehead atoms. The zero-order chi connectivity index (χ0) is 29.7. The normalized spacial score (nSPS) is 11.8.